The lowest BCUT2D eigenvalue weighted by atomic mass is 10.2. The molecule has 21 heavy (non-hydrogen) atoms. The molecule has 0 aliphatic carbocycles. The van der Waals surface area contributed by atoms with E-state index in [1.165, 1.54) is 13.1 Å². The van der Waals surface area contributed by atoms with Gasteiger partial charge in [0.25, 0.3) is 0 Å². The van der Waals surface area contributed by atoms with E-state index in [2.05, 4.69) is 26.0 Å². The summed E-state index contributed by atoms with van der Waals surface area (Å²) < 4.78 is 26.6. The minimum Gasteiger partial charge on any atom is -0.398 e. The monoisotopic (exact) mass is 389 g/mol. The van der Waals surface area contributed by atoms with Crippen molar-refractivity contribution < 1.29 is 8.42 Å². The highest BCUT2D eigenvalue weighted by molar-refractivity contribution is 9.10. The molecule has 0 spiro atoms. The van der Waals surface area contributed by atoms with Crippen molar-refractivity contribution in [1.29, 1.82) is 0 Å². The molecule has 0 heterocycles. The Morgan fingerprint density at radius 1 is 1.19 bits per heavy atom. The fourth-order valence-electron chi connectivity index (χ4n) is 1.73. The number of anilines is 3. The molecular weight excluding hydrogens is 378 g/mol. The van der Waals surface area contributed by atoms with Gasteiger partial charge >= 0.3 is 0 Å². The number of sulfonamides is 1. The zero-order valence-corrected chi connectivity index (χ0v) is 14.2. The van der Waals surface area contributed by atoms with E-state index < -0.39 is 10.0 Å². The number of rotatable bonds is 4. The Kier molecular flexibility index (Phi) is 4.77. The van der Waals surface area contributed by atoms with E-state index in [0.29, 0.717) is 16.4 Å². The summed E-state index contributed by atoms with van der Waals surface area (Å²) in [6.45, 7) is 0. The molecule has 2 rings (SSSR count). The predicted molar refractivity (Wildman–Crippen MR) is 89.5 cm³/mol. The highest BCUT2D eigenvalue weighted by Crippen LogP contribution is 2.30. The number of hydrogen-bond donors (Lipinski definition) is 3. The first-order chi connectivity index (χ1) is 9.83. The van der Waals surface area contributed by atoms with Gasteiger partial charge in [0.15, 0.2) is 0 Å². The van der Waals surface area contributed by atoms with Crippen LogP contribution >= 0.6 is 27.5 Å². The number of nitrogen functional groups attached to an aromatic ring is 1. The Hall–Kier alpha value is -1.28. The number of nitrogens with two attached hydrogens (primary N) is 1. The molecule has 112 valence electrons. The molecule has 0 bridgehead atoms. The van der Waals surface area contributed by atoms with Crippen molar-refractivity contribution in [3.8, 4) is 0 Å². The van der Waals surface area contributed by atoms with Gasteiger partial charge in [-0.1, -0.05) is 27.5 Å². The number of nitrogens with one attached hydrogen (secondary N) is 2. The van der Waals surface area contributed by atoms with Crippen molar-refractivity contribution in [3.63, 3.8) is 0 Å². The first-order valence-corrected chi connectivity index (χ1v) is 8.54. The average Bonchev–Trinajstić information content (AvgIpc) is 2.43. The summed E-state index contributed by atoms with van der Waals surface area (Å²) in [6.07, 6.45) is 0. The Morgan fingerprint density at radius 3 is 2.52 bits per heavy atom. The topological polar surface area (TPSA) is 84.2 Å². The van der Waals surface area contributed by atoms with Gasteiger partial charge in [-0.25, -0.2) is 13.1 Å². The Labute approximate surface area is 136 Å². The SMILES string of the molecule is CNS(=O)(=O)c1ccc(Nc2cc(Br)ccc2Cl)cc1N. The Morgan fingerprint density at radius 2 is 1.90 bits per heavy atom. The smallest absolute Gasteiger partial charge is 0.242 e. The highest BCUT2D eigenvalue weighted by atomic mass is 79.9. The zero-order chi connectivity index (χ0) is 15.6. The van der Waals surface area contributed by atoms with Crippen LogP contribution in [0.4, 0.5) is 17.1 Å². The maximum absolute atomic E-state index is 11.8. The van der Waals surface area contributed by atoms with Gasteiger partial charge in [0.2, 0.25) is 10.0 Å². The first-order valence-electron chi connectivity index (χ1n) is 5.88. The maximum Gasteiger partial charge on any atom is 0.242 e. The van der Waals surface area contributed by atoms with Gasteiger partial charge in [-0.05, 0) is 43.4 Å². The molecule has 0 saturated heterocycles. The molecule has 0 unspecified atom stereocenters. The molecule has 0 aliphatic rings. The van der Waals surface area contributed by atoms with Gasteiger partial charge < -0.3 is 11.1 Å². The predicted octanol–water partition coefficient (Wildman–Crippen LogP) is 3.34. The van der Waals surface area contributed by atoms with Crippen molar-refractivity contribution in [1.82, 2.24) is 4.72 Å². The summed E-state index contributed by atoms with van der Waals surface area (Å²) in [5.41, 5.74) is 7.29. The second-order valence-corrected chi connectivity index (χ2v) is 7.39. The fourth-order valence-corrected chi connectivity index (χ4v) is 3.09. The lowest BCUT2D eigenvalue weighted by Crippen LogP contribution is -2.19. The van der Waals surface area contributed by atoms with Crippen LogP contribution in [0.25, 0.3) is 0 Å². The normalized spacial score (nSPS) is 11.4. The van der Waals surface area contributed by atoms with Crippen LogP contribution in [-0.2, 0) is 10.0 Å². The van der Waals surface area contributed by atoms with Gasteiger partial charge in [0, 0.05) is 10.2 Å². The van der Waals surface area contributed by atoms with Crippen molar-refractivity contribution >= 4 is 54.6 Å². The van der Waals surface area contributed by atoms with E-state index >= 15 is 0 Å². The minimum atomic E-state index is -3.57. The maximum atomic E-state index is 11.8. The second-order valence-electron chi connectivity index (χ2n) is 4.21. The van der Waals surface area contributed by atoms with Crippen LogP contribution in [0.3, 0.4) is 0 Å². The molecule has 0 radical (unpaired) electrons. The van der Waals surface area contributed by atoms with E-state index in [4.69, 9.17) is 17.3 Å². The lowest BCUT2D eigenvalue weighted by Gasteiger charge is -2.12. The number of halogens is 2. The standard InChI is InChI=1S/C13H13BrClN3O2S/c1-17-21(19,20)13-5-3-9(7-11(13)16)18-12-6-8(14)2-4-10(12)15/h2-7,17-18H,16H2,1H3. The van der Waals surface area contributed by atoms with Crippen molar-refractivity contribution in [2.45, 2.75) is 4.90 Å². The van der Waals surface area contributed by atoms with Gasteiger partial charge in [0.1, 0.15) is 4.90 Å². The fraction of sp³-hybridized carbons (Fsp3) is 0.0769. The van der Waals surface area contributed by atoms with Crippen LogP contribution in [0.2, 0.25) is 5.02 Å². The summed E-state index contributed by atoms with van der Waals surface area (Å²) in [5, 5.41) is 3.64. The van der Waals surface area contributed by atoms with Crippen molar-refractivity contribution in [2.24, 2.45) is 0 Å². The molecule has 2 aromatic rings. The third-order valence-electron chi connectivity index (χ3n) is 2.78. The Bertz CT molecular complexity index is 781. The van der Waals surface area contributed by atoms with Crippen LogP contribution in [0.15, 0.2) is 45.8 Å². The molecule has 0 aliphatic heterocycles. The lowest BCUT2D eigenvalue weighted by molar-refractivity contribution is 0.588. The molecule has 8 heteroatoms. The van der Waals surface area contributed by atoms with Gasteiger partial charge in [-0.15, -0.1) is 0 Å². The van der Waals surface area contributed by atoms with Gasteiger partial charge in [-0.2, -0.15) is 0 Å². The van der Waals surface area contributed by atoms with E-state index in [9.17, 15) is 8.42 Å². The zero-order valence-electron chi connectivity index (χ0n) is 11.0. The van der Waals surface area contributed by atoms with Crippen LogP contribution in [0.1, 0.15) is 0 Å². The summed E-state index contributed by atoms with van der Waals surface area (Å²) in [6, 6.07) is 9.99. The van der Waals surface area contributed by atoms with E-state index in [1.54, 1.807) is 18.2 Å². The Balaban J connectivity index is 2.35. The number of benzene rings is 2. The van der Waals surface area contributed by atoms with Crippen LogP contribution in [0, 0.1) is 0 Å². The van der Waals surface area contributed by atoms with E-state index in [-0.39, 0.29) is 10.6 Å². The quantitative estimate of drug-likeness (QED) is 0.699. The van der Waals surface area contributed by atoms with Crippen LogP contribution in [-0.4, -0.2) is 15.5 Å². The molecule has 0 fully saturated rings. The first kappa shape index (κ1) is 16.1. The minimum absolute atomic E-state index is 0.0379. The summed E-state index contributed by atoms with van der Waals surface area (Å²) in [7, 11) is -2.23. The molecule has 0 aromatic heterocycles. The molecule has 5 nitrogen and oxygen atoms in total. The van der Waals surface area contributed by atoms with Gasteiger partial charge in [-0.3, -0.25) is 0 Å². The van der Waals surface area contributed by atoms with E-state index in [0.717, 1.165) is 4.47 Å². The third-order valence-corrected chi connectivity index (χ3v) is 5.09. The average molecular weight is 391 g/mol. The van der Waals surface area contributed by atoms with E-state index in [1.807, 2.05) is 12.1 Å². The van der Waals surface area contributed by atoms with Crippen LogP contribution in [0.5, 0.6) is 0 Å². The molecule has 0 saturated carbocycles. The molecular formula is C13H13BrClN3O2S. The molecule has 0 amide bonds. The van der Waals surface area contributed by atoms with Crippen LogP contribution < -0.4 is 15.8 Å². The van der Waals surface area contributed by atoms with Crippen molar-refractivity contribution in [3.05, 3.63) is 45.9 Å². The summed E-state index contributed by atoms with van der Waals surface area (Å²) in [5.74, 6) is 0. The summed E-state index contributed by atoms with van der Waals surface area (Å²) >= 11 is 9.45. The van der Waals surface area contributed by atoms with Crippen molar-refractivity contribution in [2.75, 3.05) is 18.1 Å². The molecule has 4 N–H and O–H groups in total. The highest BCUT2D eigenvalue weighted by Gasteiger charge is 2.15. The number of hydrogen-bond acceptors (Lipinski definition) is 4. The molecule has 0 atom stereocenters. The summed E-state index contributed by atoms with van der Waals surface area (Å²) in [4.78, 5) is 0.0379. The van der Waals surface area contributed by atoms with Gasteiger partial charge in [0.05, 0.1) is 16.4 Å². The largest absolute Gasteiger partial charge is 0.398 e. The third kappa shape index (κ3) is 3.68. The second kappa shape index (κ2) is 6.23. The molecule has 2 aromatic carbocycles.